The van der Waals surface area contributed by atoms with Gasteiger partial charge < -0.3 is 9.55 Å². The van der Waals surface area contributed by atoms with Gasteiger partial charge in [-0.25, -0.2) is 4.39 Å². The van der Waals surface area contributed by atoms with E-state index in [1.165, 1.54) is 16.7 Å². The van der Waals surface area contributed by atoms with Crippen molar-refractivity contribution in [2.24, 2.45) is 0 Å². The van der Waals surface area contributed by atoms with Crippen LogP contribution in [0.3, 0.4) is 0 Å². The second-order valence-electron chi connectivity index (χ2n) is 4.55. The molecular weight excluding hydrogens is 305 g/mol. The molecule has 0 radical (unpaired) electrons. The van der Waals surface area contributed by atoms with E-state index in [9.17, 15) is 14.0 Å². The van der Waals surface area contributed by atoms with Gasteiger partial charge in [-0.2, -0.15) is 0 Å². The number of benzene rings is 1. The zero-order chi connectivity index (χ0) is 14.4. The van der Waals surface area contributed by atoms with E-state index in [0.29, 0.717) is 17.5 Å². The van der Waals surface area contributed by atoms with Crippen molar-refractivity contribution in [1.82, 2.24) is 14.9 Å². The molecule has 1 fully saturated rings. The molecule has 2 heterocycles. The van der Waals surface area contributed by atoms with Crippen LogP contribution in [0.2, 0.25) is 5.02 Å². The number of hydrogen-bond donors (Lipinski definition) is 2. The summed E-state index contributed by atoms with van der Waals surface area (Å²) in [5.74, 6) is -1.34. The summed E-state index contributed by atoms with van der Waals surface area (Å²) in [6.07, 6.45) is 0.553. The number of halogens is 2. The minimum Gasteiger partial charge on any atom is -0.331 e. The Bertz CT molecular complexity index is 798. The molecule has 1 aliphatic heterocycles. The average Bonchev–Trinajstić information content (AvgIpc) is 2.66. The number of carbonyl (C=O) groups is 2. The maximum atomic E-state index is 13.6. The van der Waals surface area contributed by atoms with Crippen molar-refractivity contribution in [3.8, 4) is 0 Å². The van der Waals surface area contributed by atoms with Crippen molar-refractivity contribution in [3.05, 3.63) is 27.7 Å². The van der Waals surface area contributed by atoms with Gasteiger partial charge in [0.05, 0.1) is 16.1 Å². The first-order valence-electron chi connectivity index (χ1n) is 5.90. The van der Waals surface area contributed by atoms with Crippen LogP contribution in [0, 0.1) is 10.6 Å². The standard InChI is InChI=1S/C12H9ClFN3O2S/c13-5-3-7-9(4-6(5)14)17(12(20)15-7)8-1-2-10(18)16-11(8)19/h3-4,8H,1-2H2,(H,15,20)(H,16,18,19). The highest BCUT2D eigenvalue weighted by atomic mass is 35.5. The normalized spacial score (nSPS) is 19.4. The molecule has 1 aromatic heterocycles. The Hall–Kier alpha value is -1.73. The van der Waals surface area contributed by atoms with Crippen LogP contribution >= 0.6 is 23.8 Å². The minimum absolute atomic E-state index is 0.0239. The van der Waals surface area contributed by atoms with Gasteiger partial charge >= 0.3 is 0 Å². The van der Waals surface area contributed by atoms with Gasteiger partial charge in [-0.3, -0.25) is 14.9 Å². The number of amides is 2. The number of H-pyrrole nitrogens is 1. The predicted molar refractivity (Wildman–Crippen MR) is 73.5 cm³/mol. The first kappa shape index (κ1) is 13.3. The third-order valence-electron chi connectivity index (χ3n) is 3.28. The molecule has 8 heteroatoms. The summed E-state index contributed by atoms with van der Waals surface area (Å²) in [5, 5.41) is 2.23. The summed E-state index contributed by atoms with van der Waals surface area (Å²) >= 11 is 10.9. The monoisotopic (exact) mass is 313 g/mol. The van der Waals surface area contributed by atoms with E-state index in [1.54, 1.807) is 0 Å². The van der Waals surface area contributed by atoms with Crippen LogP contribution in [0.25, 0.3) is 11.0 Å². The van der Waals surface area contributed by atoms with Crippen molar-refractivity contribution in [1.29, 1.82) is 0 Å². The van der Waals surface area contributed by atoms with Gasteiger partial charge in [0.2, 0.25) is 11.8 Å². The average molecular weight is 314 g/mol. The number of nitrogens with one attached hydrogen (secondary N) is 2. The number of rotatable bonds is 1. The second-order valence-corrected chi connectivity index (χ2v) is 5.34. The maximum absolute atomic E-state index is 13.6. The molecule has 1 aliphatic rings. The summed E-state index contributed by atoms with van der Waals surface area (Å²) in [7, 11) is 0. The third kappa shape index (κ3) is 2.03. The Morgan fingerprint density at radius 3 is 2.85 bits per heavy atom. The molecule has 20 heavy (non-hydrogen) atoms. The van der Waals surface area contributed by atoms with Crippen molar-refractivity contribution < 1.29 is 14.0 Å². The smallest absolute Gasteiger partial charge is 0.249 e. The van der Waals surface area contributed by atoms with E-state index in [2.05, 4.69) is 10.3 Å². The molecule has 104 valence electrons. The van der Waals surface area contributed by atoms with Gasteiger partial charge in [0.1, 0.15) is 11.9 Å². The molecule has 0 aliphatic carbocycles. The molecular formula is C12H9ClFN3O2S. The SMILES string of the molecule is O=C1CCC(n2c(=S)[nH]c3cc(Cl)c(F)cc32)C(=O)N1. The lowest BCUT2D eigenvalue weighted by Gasteiger charge is -2.22. The molecule has 1 atom stereocenters. The Morgan fingerprint density at radius 2 is 2.15 bits per heavy atom. The van der Waals surface area contributed by atoms with Gasteiger partial charge in [-0.1, -0.05) is 11.6 Å². The largest absolute Gasteiger partial charge is 0.331 e. The van der Waals surface area contributed by atoms with Crippen LogP contribution in [0.15, 0.2) is 12.1 Å². The first-order valence-corrected chi connectivity index (χ1v) is 6.69. The second kappa shape index (κ2) is 4.68. The molecule has 0 saturated carbocycles. The number of nitrogens with zero attached hydrogens (tertiary/aromatic N) is 1. The summed E-state index contributed by atoms with van der Waals surface area (Å²) in [6, 6.07) is 2.02. The molecule has 1 unspecified atom stereocenters. The van der Waals surface area contributed by atoms with E-state index in [0.717, 1.165) is 0 Å². The number of imidazole rings is 1. The van der Waals surface area contributed by atoms with Gasteiger partial charge in [0.15, 0.2) is 4.77 Å². The number of aromatic amines is 1. The molecule has 0 spiro atoms. The molecule has 2 amide bonds. The van der Waals surface area contributed by atoms with Crippen LogP contribution in [-0.4, -0.2) is 21.4 Å². The Balaban J connectivity index is 2.18. The number of piperidine rings is 1. The summed E-state index contributed by atoms with van der Waals surface area (Å²) in [5.41, 5.74) is 0.998. The molecule has 2 N–H and O–H groups in total. The quantitative estimate of drug-likeness (QED) is 0.628. The van der Waals surface area contributed by atoms with E-state index in [1.807, 2.05) is 0 Å². The highest BCUT2D eigenvalue weighted by Crippen LogP contribution is 2.28. The zero-order valence-corrected chi connectivity index (χ0v) is 11.6. The molecule has 2 aromatic rings. The van der Waals surface area contributed by atoms with Gasteiger partial charge in [0, 0.05) is 12.5 Å². The summed E-state index contributed by atoms with van der Waals surface area (Å²) in [4.78, 5) is 26.0. The lowest BCUT2D eigenvalue weighted by Crippen LogP contribution is -2.41. The molecule has 1 saturated heterocycles. The number of carbonyl (C=O) groups excluding carboxylic acids is 2. The van der Waals surface area contributed by atoms with Crippen molar-refractivity contribution in [2.75, 3.05) is 0 Å². The van der Waals surface area contributed by atoms with Gasteiger partial charge in [-0.05, 0) is 24.7 Å². The van der Waals surface area contributed by atoms with Crippen LogP contribution in [0.4, 0.5) is 4.39 Å². The molecule has 3 rings (SSSR count). The predicted octanol–water partition coefficient (Wildman–Crippen LogP) is 2.47. The highest BCUT2D eigenvalue weighted by Gasteiger charge is 2.29. The van der Waals surface area contributed by atoms with E-state index in [-0.39, 0.29) is 22.1 Å². The molecule has 1 aromatic carbocycles. The number of hydrogen-bond acceptors (Lipinski definition) is 3. The maximum Gasteiger partial charge on any atom is 0.249 e. The van der Waals surface area contributed by atoms with Crippen LogP contribution in [0.5, 0.6) is 0 Å². The lowest BCUT2D eigenvalue weighted by atomic mass is 10.1. The fourth-order valence-electron chi connectivity index (χ4n) is 2.36. The van der Waals surface area contributed by atoms with E-state index < -0.39 is 17.8 Å². The summed E-state index contributed by atoms with van der Waals surface area (Å²) < 4.78 is 15.4. The fraction of sp³-hybridized carbons (Fsp3) is 0.250. The third-order valence-corrected chi connectivity index (χ3v) is 3.87. The Morgan fingerprint density at radius 1 is 1.40 bits per heavy atom. The van der Waals surface area contributed by atoms with Crippen molar-refractivity contribution in [2.45, 2.75) is 18.9 Å². The van der Waals surface area contributed by atoms with Crippen LogP contribution < -0.4 is 5.32 Å². The Kier molecular flexibility index (Phi) is 3.10. The van der Waals surface area contributed by atoms with Gasteiger partial charge in [0.25, 0.3) is 0 Å². The summed E-state index contributed by atoms with van der Waals surface area (Å²) in [6.45, 7) is 0. The molecule has 0 bridgehead atoms. The van der Waals surface area contributed by atoms with E-state index in [4.69, 9.17) is 23.8 Å². The fourth-order valence-corrected chi connectivity index (χ4v) is 2.86. The number of aromatic nitrogens is 2. The minimum atomic E-state index is -0.630. The lowest BCUT2D eigenvalue weighted by molar-refractivity contribution is -0.135. The zero-order valence-electron chi connectivity index (χ0n) is 10.1. The van der Waals surface area contributed by atoms with E-state index >= 15 is 0 Å². The van der Waals surface area contributed by atoms with Crippen molar-refractivity contribution >= 4 is 46.7 Å². The Labute approximate surface area is 122 Å². The first-order chi connectivity index (χ1) is 9.47. The van der Waals surface area contributed by atoms with Gasteiger partial charge in [-0.15, -0.1) is 0 Å². The number of imide groups is 1. The molecule has 5 nitrogen and oxygen atoms in total. The number of fused-ring (bicyclic) bond motifs is 1. The topological polar surface area (TPSA) is 66.9 Å². The van der Waals surface area contributed by atoms with Crippen LogP contribution in [0.1, 0.15) is 18.9 Å². The highest BCUT2D eigenvalue weighted by molar-refractivity contribution is 7.71. The van der Waals surface area contributed by atoms with Crippen molar-refractivity contribution in [3.63, 3.8) is 0 Å². The van der Waals surface area contributed by atoms with Crippen LogP contribution in [-0.2, 0) is 9.59 Å².